The molecule has 1 aromatic carbocycles. The van der Waals surface area contributed by atoms with E-state index in [1.54, 1.807) is 13.8 Å². The van der Waals surface area contributed by atoms with Crippen molar-refractivity contribution in [3.05, 3.63) is 48.0 Å². The van der Waals surface area contributed by atoms with E-state index in [1.165, 1.54) is 36.8 Å². The number of aromatic hydroxyl groups is 1. The van der Waals surface area contributed by atoms with Gasteiger partial charge in [-0.3, -0.25) is 53.3 Å². The molecule has 33 nitrogen and oxygen atoms in total. The zero-order valence-electron chi connectivity index (χ0n) is 44.6. The number of phenols is 1. The van der Waals surface area contributed by atoms with Gasteiger partial charge in [-0.15, -0.1) is 0 Å². The van der Waals surface area contributed by atoms with Crippen LogP contribution in [-0.4, -0.2) is 189 Å². The molecule has 1 aromatic heterocycles. The fourth-order valence-electron chi connectivity index (χ4n) is 7.35. The van der Waals surface area contributed by atoms with Crippen LogP contribution >= 0.6 is 0 Å². The van der Waals surface area contributed by atoms with Crippen molar-refractivity contribution in [3.63, 3.8) is 0 Å². The van der Waals surface area contributed by atoms with Crippen LogP contribution in [0.3, 0.4) is 0 Å². The Morgan fingerprint density at radius 2 is 1.01 bits per heavy atom. The zero-order chi connectivity index (χ0) is 59.9. The number of carbonyl (C=O) groups excluding carboxylic acids is 8. The van der Waals surface area contributed by atoms with Crippen LogP contribution in [0.25, 0.3) is 0 Å². The molecule has 0 radical (unpaired) electrons. The van der Waals surface area contributed by atoms with E-state index in [1.807, 2.05) is 0 Å². The SMILES string of the molecule is CC[C@H](C)[C@H](NC(=O)[C@H](CCCN=C(N)N)NC(=O)[C@H](CO)NC(=O)[C@H](CO)NC(=O)[C@H](Cc1ccc(O)cc1)NC(=O)CNC(=O)[C@H](CCCN=C(N)N)NC(=O)[C@H](CCCN=C(N)N)NC(=O)[C@@H](N)Cc1cnc[nH]1)C(=O)O. The first kappa shape index (κ1) is 67.3. The molecule has 0 saturated heterocycles. The summed E-state index contributed by atoms with van der Waals surface area (Å²) >= 11 is 0. The Hall–Kier alpha value is -8.85. The van der Waals surface area contributed by atoms with Crippen LogP contribution < -0.4 is 82.7 Å². The monoisotopic (exact) mass is 1130 g/mol. The van der Waals surface area contributed by atoms with Gasteiger partial charge in [0.1, 0.15) is 48.0 Å². The standard InChI is InChI=1S/C47H78N20O13/c1-3-24(2)36(44(79)80)67-40(75)31(9-6-16-58-47(53)54)64-42(77)33(21-68)66-43(78)34(22-69)65-41(76)32(17-25-10-12-27(70)13-11-25)61-35(71)20-59-38(73)29(7-4-14-56-45(49)50)63-39(74)30(8-5-15-57-46(51)52)62-37(72)28(48)18-26-19-55-23-60-26/h10-13,19,23-24,28-34,36,68-70H,3-9,14-18,20-22,48H2,1-2H3,(H,55,60)(H,59,73)(H,61,71)(H,62,72)(H,63,74)(H,64,77)(H,65,76)(H,66,78)(H,67,75)(H,79,80)(H4,49,50,56)(H4,51,52,57)(H4,53,54,58)/t24-,28-,29-,30-,31-,32-,33-,34-,36-/m0/s1. The third-order valence-electron chi connectivity index (χ3n) is 11.9. The minimum atomic E-state index is -1.84. The van der Waals surface area contributed by atoms with Crippen LogP contribution in [0.4, 0.5) is 0 Å². The van der Waals surface area contributed by atoms with Crippen LogP contribution in [-0.2, 0) is 56.0 Å². The third kappa shape index (κ3) is 25.5. The molecule has 2 rings (SSSR count). The number of hydrogen-bond acceptors (Lipinski definition) is 17. The van der Waals surface area contributed by atoms with Crippen LogP contribution in [0.2, 0.25) is 0 Å². The molecule has 0 aliphatic heterocycles. The summed E-state index contributed by atoms with van der Waals surface area (Å²) in [7, 11) is 0. The van der Waals surface area contributed by atoms with Gasteiger partial charge < -0.3 is 108 Å². The van der Waals surface area contributed by atoms with Gasteiger partial charge in [0, 0.05) is 44.4 Å². The van der Waals surface area contributed by atoms with Gasteiger partial charge in [-0.2, -0.15) is 0 Å². The fraction of sp³-hybridized carbons (Fsp3) is 0.553. The minimum Gasteiger partial charge on any atom is -0.508 e. The molecular formula is C47H78N20O13. The van der Waals surface area contributed by atoms with Crippen LogP contribution in [0, 0.1) is 5.92 Å². The Bertz CT molecular complexity index is 2430. The Morgan fingerprint density at radius 3 is 1.44 bits per heavy atom. The zero-order valence-corrected chi connectivity index (χ0v) is 44.6. The molecule has 444 valence electrons. The number of guanidine groups is 3. The van der Waals surface area contributed by atoms with Crippen molar-refractivity contribution in [2.45, 2.75) is 120 Å². The number of nitrogens with two attached hydrogens (primary N) is 7. The summed E-state index contributed by atoms with van der Waals surface area (Å²) in [6, 6.07) is -6.32. The number of aliphatic imine (C=N–C) groups is 3. The number of rotatable bonds is 37. The van der Waals surface area contributed by atoms with Crippen molar-refractivity contribution in [2.75, 3.05) is 39.4 Å². The first-order chi connectivity index (χ1) is 37.9. The highest BCUT2D eigenvalue weighted by Gasteiger charge is 2.34. The third-order valence-corrected chi connectivity index (χ3v) is 11.9. The molecule has 2 aromatic rings. The number of benzene rings is 1. The lowest BCUT2D eigenvalue weighted by Gasteiger charge is -2.26. The van der Waals surface area contributed by atoms with Crippen LogP contribution in [0.15, 0.2) is 51.8 Å². The van der Waals surface area contributed by atoms with Gasteiger partial charge in [0.15, 0.2) is 17.9 Å². The van der Waals surface area contributed by atoms with Gasteiger partial charge in [-0.05, 0) is 62.1 Å². The Labute approximate surface area is 460 Å². The van der Waals surface area contributed by atoms with Gasteiger partial charge in [-0.1, -0.05) is 32.4 Å². The summed E-state index contributed by atoms with van der Waals surface area (Å²) in [5, 5.41) is 59.4. The highest BCUT2D eigenvalue weighted by Crippen LogP contribution is 2.13. The predicted molar refractivity (Wildman–Crippen MR) is 290 cm³/mol. The summed E-state index contributed by atoms with van der Waals surface area (Å²) in [5.41, 5.74) is 39.6. The van der Waals surface area contributed by atoms with Crippen molar-refractivity contribution >= 4 is 71.1 Å². The van der Waals surface area contributed by atoms with E-state index in [0.29, 0.717) is 17.7 Å². The number of amides is 8. The normalized spacial score (nSPS) is 14.2. The average Bonchev–Trinajstić information content (AvgIpc) is 3.93. The molecule has 0 aliphatic carbocycles. The molecule has 0 aliphatic rings. The second kappa shape index (κ2) is 35.5. The maximum atomic E-state index is 13.9. The first-order valence-electron chi connectivity index (χ1n) is 25.4. The molecule has 80 heavy (non-hydrogen) atoms. The summed E-state index contributed by atoms with van der Waals surface area (Å²) in [6.45, 7) is 0.459. The molecule has 1 heterocycles. The summed E-state index contributed by atoms with van der Waals surface area (Å²) < 4.78 is 0. The molecule has 0 saturated carbocycles. The number of aliphatic hydroxyl groups is 2. The van der Waals surface area contributed by atoms with Gasteiger partial charge in [0.25, 0.3) is 0 Å². The lowest BCUT2D eigenvalue weighted by molar-refractivity contribution is -0.144. The quantitative estimate of drug-likeness (QED) is 0.0170. The second-order valence-corrected chi connectivity index (χ2v) is 18.3. The number of carboxylic acid groups (broad SMARTS) is 1. The minimum absolute atomic E-state index is 0.0137. The number of carbonyl (C=O) groups is 9. The van der Waals surface area contributed by atoms with Crippen LogP contribution in [0.1, 0.15) is 70.1 Å². The van der Waals surface area contributed by atoms with Crippen molar-refractivity contribution in [1.82, 2.24) is 52.5 Å². The Morgan fingerprint density at radius 1 is 0.588 bits per heavy atom. The Balaban J connectivity index is 2.32. The predicted octanol–water partition coefficient (Wildman–Crippen LogP) is -7.99. The molecule has 33 heteroatoms. The van der Waals surface area contributed by atoms with Crippen molar-refractivity contribution in [1.29, 1.82) is 0 Å². The van der Waals surface area contributed by atoms with E-state index >= 15 is 0 Å². The van der Waals surface area contributed by atoms with E-state index in [-0.39, 0.29) is 94.6 Å². The molecule has 8 amide bonds. The molecule has 9 atom stereocenters. The van der Waals surface area contributed by atoms with Gasteiger partial charge >= 0.3 is 5.97 Å². The number of aliphatic carboxylic acids is 1. The van der Waals surface area contributed by atoms with Crippen LogP contribution in [0.5, 0.6) is 5.75 Å². The number of imidazole rings is 1. The molecule has 27 N–H and O–H groups in total. The largest absolute Gasteiger partial charge is 0.508 e. The number of carboxylic acids is 1. The molecular weight excluding hydrogens is 1050 g/mol. The number of phenolic OH excluding ortho intramolecular Hbond substituents is 1. The van der Waals surface area contributed by atoms with E-state index in [4.69, 9.17) is 40.1 Å². The van der Waals surface area contributed by atoms with E-state index in [0.717, 1.165) is 0 Å². The van der Waals surface area contributed by atoms with E-state index < -0.39 is 127 Å². The number of aromatic nitrogens is 2. The number of hydrogen-bond donors (Lipinski definition) is 20. The number of nitrogens with zero attached hydrogens (tertiary/aromatic N) is 4. The first-order valence-corrected chi connectivity index (χ1v) is 25.4. The van der Waals surface area contributed by atoms with Gasteiger partial charge in [-0.25, -0.2) is 9.78 Å². The summed E-state index contributed by atoms with van der Waals surface area (Å²) in [4.78, 5) is 139. The van der Waals surface area contributed by atoms with E-state index in [9.17, 15) is 63.6 Å². The lowest BCUT2D eigenvalue weighted by atomic mass is 9.98. The van der Waals surface area contributed by atoms with Gasteiger partial charge in [0.2, 0.25) is 47.3 Å². The molecule has 0 spiro atoms. The number of aromatic amines is 1. The maximum absolute atomic E-state index is 13.9. The number of aliphatic hydroxyl groups excluding tert-OH is 2. The second-order valence-electron chi connectivity index (χ2n) is 18.3. The summed E-state index contributed by atoms with van der Waals surface area (Å²) in [5.74, 6) is -10.4. The molecule has 0 bridgehead atoms. The fourth-order valence-corrected chi connectivity index (χ4v) is 7.35. The molecule has 0 fully saturated rings. The van der Waals surface area contributed by atoms with Crippen molar-refractivity contribution in [3.8, 4) is 5.75 Å². The van der Waals surface area contributed by atoms with Crippen molar-refractivity contribution in [2.24, 2.45) is 61.0 Å². The molecule has 0 unspecified atom stereocenters. The highest BCUT2D eigenvalue weighted by atomic mass is 16.4. The van der Waals surface area contributed by atoms with Gasteiger partial charge in [0.05, 0.1) is 32.1 Å². The number of nitrogens with one attached hydrogen (secondary N) is 9. The topological polar surface area (TPSA) is 579 Å². The average molecular weight is 1130 g/mol. The highest BCUT2D eigenvalue weighted by molar-refractivity contribution is 5.97. The Kier molecular flexibility index (Phi) is 29.9. The maximum Gasteiger partial charge on any atom is 0.326 e. The smallest absolute Gasteiger partial charge is 0.326 e. The summed E-state index contributed by atoms with van der Waals surface area (Å²) in [6.07, 6.45) is 3.18. The lowest BCUT2D eigenvalue weighted by Crippen LogP contribution is -2.61. The van der Waals surface area contributed by atoms with E-state index in [2.05, 4.69) is 67.5 Å². The van der Waals surface area contributed by atoms with Crippen molar-refractivity contribution < 1.29 is 63.6 Å². The number of H-pyrrole nitrogens is 1.